The van der Waals surface area contributed by atoms with Crippen LogP contribution in [0.1, 0.15) is 13.8 Å². The van der Waals surface area contributed by atoms with Gasteiger partial charge in [0.05, 0.1) is 19.4 Å². The van der Waals surface area contributed by atoms with Crippen LogP contribution in [0, 0.1) is 11.7 Å². The predicted octanol–water partition coefficient (Wildman–Crippen LogP) is 2.15. The average molecular weight is 501 g/mol. The summed E-state index contributed by atoms with van der Waals surface area (Å²) in [5.74, 6) is -0.879. The Morgan fingerprint density at radius 2 is 1.94 bits per heavy atom. The number of halogens is 1. The quantitative estimate of drug-likeness (QED) is 0.652. The summed E-state index contributed by atoms with van der Waals surface area (Å²) in [5, 5.41) is 9.69. The Morgan fingerprint density at radius 3 is 2.55 bits per heavy atom. The highest BCUT2D eigenvalue weighted by Crippen LogP contribution is 2.37. The summed E-state index contributed by atoms with van der Waals surface area (Å²) in [6.07, 6.45) is 0.387. The van der Waals surface area contributed by atoms with Gasteiger partial charge in [-0.2, -0.15) is 4.31 Å². The highest BCUT2D eigenvalue weighted by molar-refractivity contribution is 7.89. The van der Waals surface area contributed by atoms with Crippen LogP contribution >= 0.6 is 0 Å². The van der Waals surface area contributed by atoms with Gasteiger partial charge in [-0.15, -0.1) is 0 Å². The molecule has 0 radical (unpaired) electrons. The molecule has 0 saturated heterocycles. The molecule has 0 aliphatic carbocycles. The van der Waals surface area contributed by atoms with Gasteiger partial charge in [-0.1, -0.05) is 31.2 Å². The fraction of sp³-hybridized carbons (Fsp3) is 0.455. The van der Waals surface area contributed by atoms with Gasteiger partial charge in [-0.3, -0.25) is 0 Å². The Hall–Kier alpha value is -2.05. The summed E-state index contributed by atoms with van der Waals surface area (Å²) in [6.45, 7) is 2.99. The van der Waals surface area contributed by atoms with Crippen LogP contribution in [0.2, 0.25) is 0 Å². The van der Waals surface area contributed by atoms with Crippen molar-refractivity contribution in [2.45, 2.75) is 30.9 Å². The molecule has 0 amide bonds. The largest absolute Gasteiger partial charge is 0.487 e. The first-order valence-electron chi connectivity index (χ1n) is 10.5. The van der Waals surface area contributed by atoms with E-state index in [1.165, 1.54) is 35.6 Å². The van der Waals surface area contributed by atoms with E-state index in [2.05, 4.69) is 0 Å². The number of aliphatic hydroxyl groups excluding tert-OH is 1. The van der Waals surface area contributed by atoms with Gasteiger partial charge in [-0.25, -0.2) is 25.5 Å². The van der Waals surface area contributed by atoms with E-state index in [4.69, 9.17) is 4.74 Å². The van der Waals surface area contributed by atoms with Gasteiger partial charge in [0.25, 0.3) is 0 Å². The number of ether oxygens (including phenoxy) is 1. The molecule has 0 saturated carbocycles. The van der Waals surface area contributed by atoms with Crippen molar-refractivity contribution in [3.05, 3.63) is 48.3 Å². The third kappa shape index (κ3) is 5.38. The molecular weight excluding hydrogens is 471 g/mol. The minimum Gasteiger partial charge on any atom is -0.487 e. The minimum atomic E-state index is -4.05. The van der Waals surface area contributed by atoms with Gasteiger partial charge in [-0.05, 0) is 30.7 Å². The Labute approximate surface area is 194 Å². The van der Waals surface area contributed by atoms with Gasteiger partial charge < -0.3 is 9.84 Å². The Morgan fingerprint density at radius 1 is 1.27 bits per heavy atom. The second-order valence-corrected chi connectivity index (χ2v) is 12.4. The molecule has 0 fully saturated rings. The molecule has 182 valence electrons. The molecule has 2 aromatic rings. The molecule has 0 spiro atoms. The van der Waals surface area contributed by atoms with Crippen molar-refractivity contribution in [1.29, 1.82) is 0 Å². The number of rotatable bonds is 6. The van der Waals surface area contributed by atoms with Crippen molar-refractivity contribution < 1.29 is 31.1 Å². The molecule has 3 atom stereocenters. The molecule has 0 unspecified atom stereocenters. The molecule has 8 nitrogen and oxygen atoms in total. The van der Waals surface area contributed by atoms with E-state index in [-0.39, 0.29) is 35.9 Å². The van der Waals surface area contributed by atoms with Crippen molar-refractivity contribution in [3.8, 4) is 16.9 Å². The van der Waals surface area contributed by atoms with E-state index in [9.17, 15) is 26.3 Å². The Balaban J connectivity index is 2.17. The molecule has 2 aromatic carbocycles. The number of hydrogen-bond donors (Lipinski definition) is 1. The van der Waals surface area contributed by atoms with E-state index >= 15 is 0 Å². The molecule has 3 rings (SSSR count). The zero-order chi connectivity index (χ0) is 24.6. The van der Waals surface area contributed by atoms with Gasteiger partial charge in [0.1, 0.15) is 22.6 Å². The lowest BCUT2D eigenvalue weighted by atomic mass is 10.0. The number of sulfonamides is 2. The molecule has 11 heteroatoms. The molecule has 0 bridgehead atoms. The second kappa shape index (κ2) is 9.67. The molecule has 1 N–H and O–H groups in total. The van der Waals surface area contributed by atoms with E-state index < -0.39 is 43.9 Å². The number of nitrogens with zero attached hydrogens (tertiary/aromatic N) is 2. The van der Waals surface area contributed by atoms with Gasteiger partial charge in [0.15, 0.2) is 0 Å². The number of likely N-dealkylation sites (N-methyl/N-ethyl adjacent to an activating group) is 1. The number of fused-ring (bicyclic) bond motifs is 1. The highest BCUT2D eigenvalue weighted by atomic mass is 32.2. The molecule has 1 heterocycles. The lowest BCUT2D eigenvalue weighted by Gasteiger charge is -2.37. The maximum absolute atomic E-state index is 14.4. The molecule has 33 heavy (non-hydrogen) atoms. The van der Waals surface area contributed by atoms with E-state index in [1.807, 2.05) is 0 Å². The van der Waals surface area contributed by atoms with Crippen molar-refractivity contribution in [2.24, 2.45) is 5.92 Å². The lowest BCUT2D eigenvalue weighted by Crippen LogP contribution is -2.50. The second-order valence-electron chi connectivity index (χ2n) is 8.42. The van der Waals surface area contributed by atoms with Crippen molar-refractivity contribution >= 4 is 20.0 Å². The fourth-order valence-electron chi connectivity index (χ4n) is 3.70. The normalized spacial score (nSPS) is 22.2. The van der Waals surface area contributed by atoms with Crippen molar-refractivity contribution in [2.75, 3.05) is 33.0 Å². The third-order valence-corrected chi connectivity index (χ3v) is 9.16. The fourth-order valence-corrected chi connectivity index (χ4v) is 5.94. The summed E-state index contributed by atoms with van der Waals surface area (Å²) >= 11 is 0. The SMILES string of the molecule is C[C@H]1CN([C@@H](C)CO)S(=O)(=O)c2ccc(-c3ccccc3F)cc2O[C@@H]1CN(C)S(C)(=O)=O. The first-order valence-corrected chi connectivity index (χ1v) is 13.7. The van der Waals surface area contributed by atoms with Crippen LogP contribution in [0.4, 0.5) is 4.39 Å². The van der Waals surface area contributed by atoms with Crippen LogP contribution in [0.25, 0.3) is 11.1 Å². The number of aliphatic hydroxyl groups is 1. The van der Waals surface area contributed by atoms with Crippen LogP contribution in [0.3, 0.4) is 0 Å². The van der Waals surface area contributed by atoms with Crippen LogP contribution in [0.5, 0.6) is 5.75 Å². The summed E-state index contributed by atoms with van der Waals surface area (Å²) < 4.78 is 73.8. The maximum atomic E-state index is 14.4. The van der Waals surface area contributed by atoms with E-state index in [1.54, 1.807) is 32.0 Å². The first-order chi connectivity index (χ1) is 15.4. The van der Waals surface area contributed by atoms with Crippen molar-refractivity contribution in [3.63, 3.8) is 0 Å². The highest BCUT2D eigenvalue weighted by Gasteiger charge is 2.38. The topological polar surface area (TPSA) is 104 Å². The van der Waals surface area contributed by atoms with E-state index in [0.29, 0.717) is 5.56 Å². The Kier molecular flexibility index (Phi) is 7.49. The van der Waals surface area contributed by atoms with Crippen LogP contribution < -0.4 is 4.74 Å². The third-order valence-electron chi connectivity index (χ3n) is 5.86. The van der Waals surface area contributed by atoms with Gasteiger partial charge in [0.2, 0.25) is 20.0 Å². The number of benzene rings is 2. The Bertz CT molecular complexity index is 1220. The van der Waals surface area contributed by atoms with Gasteiger partial charge in [0, 0.05) is 31.1 Å². The molecule has 1 aliphatic rings. The first kappa shape index (κ1) is 25.6. The summed E-state index contributed by atoms with van der Waals surface area (Å²) in [7, 11) is -6.14. The average Bonchev–Trinajstić information content (AvgIpc) is 2.75. The maximum Gasteiger partial charge on any atom is 0.247 e. The standard InChI is InChI=1S/C22H29FN2O6S2/c1-15-12-25(16(2)14-26)33(29,30)22-10-9-17(18-7-5-6-8-19(18)23)11-20(22)31-21(15)13-24(3)32(4,27)28/h5-11,15-16,21,26H,12-14H2,1-4H3/t15-,16-,21+/m0/s1. The van der Waals surface area contributed by atoms with E-state index in [0.717, 1.165) is 10.6 Å². The van der Waals surface area contributed by atoms with Gasteiger partial charge >= 0.3 is 0 Å². The van der Waals surface area contributed by atoms with Crippen molar-refractivity contribution in [1.82, 2.24) is 8.61 Å². The zero-order valence-electron chi connectivity index (χ0n) is 19.0. The van der Waals surface area contributed by atoms with Crippen LogP contribution in [0.15, 0.2) is 47.4 Å². The van der Waals surface area contributed by atoms with Crippen LogP contribution in [-0.2, 0) is 20.0 Å². The summed E-state index contributed by atoms with van der Waals surface area (Å²) in [6, 6.07) is 9.72. The summed E-state index contributed by atoms with van der Waals surface area (Å²) in [5.41, 5.74) is 0.703. The number of hydrogen-bond acceptors (Lipinski definition) is 6. The molecule has 1 aliphatic heterocycles. The zero-order valence-corrected chi connectivity index (χ0v) is 20.6. The predicted molar refractivity (Wildman–Crippen MR) is 123 cm³/mol. The summed E-state index contributed by atoms with van der Waals surface area (Å²) in [4.78, 5) is -0.123. The van der Waals surface area contributed by atoms with Crippen LogP contribution in [-0.4, -0.2) is 75.7 Å². The lowest BCUT2D eigenvalue weighted by molar-refractivity contribution is 0.0906. The monoisotopic (exact) mass is 500 g/mol. The smallest absolute Gasteiger partial charge is 0.247 e. The molecule has 0 aromatic heterocycles. The minimum absolute atomic E-state index is 0.00402. The molecular formula is C22H29FN2O6S2.